The zero-order valence-corrected chi connectivity index (χ0v) is 12.5. The summed E-state index contributed by atoms with van der Waals surface area (Å²) in [6, 6.07) is 0.368. The molecule has 1 aliphatic carbocycles. The lowest BCUT2D eigenvalue weighted by Crippen LogP contribution is -2.08. The van der Waals surface area contributed by atoms with Crippen LogP contribution in [-0.2, 0) is 0 Å². The second-order valence-corrected chi connectivity index (χ2v) is 6.04. The van der Waals surface area contributed by atoms with Gasteiger partial charge in [0.15, 0.2) is 0 Å². The summed E-state index contributed by atoms with van der Waals surface area (Å²) in [5.74, 6) is 0. The summed E-state index contributed by atoms with van der Waals surface area (Å²) in [7, 11) is 0. The summed E-state index contributed by atoms with van der Waals surface area (Å²) in [5.41, 5.74) is 7.16. The topological polar surface area (TPSA) is 95.4 Å². The van der Waals surface area contributed by atoms with Gasteiger partial charge in [0, 0.05) is 0 Å². The normalized spacial score (nSPS) is 15.9. The van der Waals surface area contributed by atoms with Gasteiger partial charge in [-0.15, -0.1) is 5.10 Å². The average Bonchev–Trinajstić information content (AvgIpc) is 3.05. The Labute approximate surface area is 125 Å². The van der Waals surface area contributed by atoms with Gasteiger partial charge in [-0.2, -0.15) is 0 Å². The summed E-state index contributed by atoms with van der Waals surface area (Å²) in [6.07, 6.45) is 4.65. The van der Waals surface area contributed by atoms with E-state index in [9.17, 15) is 0 Å². The van der Waals surface area contributed by atoms with E-state index in [0.29, 0.717) is 27.6 Å². The Hall–Kier alpha value is -1.41. The van der Waals surface area contributed by atoms with E-state index in [0.717, 1.165) is 12.8 Å². The van der Waals surface area contributed by atoms with E-state index in [-0.39, 0.29) is 5.28 Å². The summed E-state index contributed by atoms with van der Waals surface area (Å²) >= 11 is 7.21. The second-order valence-electron chi connectivity index (χ2n) is 4.74. The highest BCUT2D eigenvalue weighted by molar-refractivity contribution is 7.99. The Kier molecular flexibility index (Phi) is 3.75. The van der Waals surface area contributed by atoms with Crippen molar-refractivity contribution >= 4 is 29.1 Å². The van der Waals surface area contributed by atoms with Gasteiger partial charge in [0.1, 0.15) is 5.03 Å². The van der Waals surface area contributed by atoms with Gasteiger partial charge in [-0.1, -0.05) is 12.8 Å². The molecule has 2 heterocycles. The van der Waals surface area contributed by atoms with E-state index in [1.54, 1.807) is 6.92 Å². The molecule has 106 valence electrons. The Morgan fingerprint density at radius 2 is 2.05 bits per heavy atom. The van der Waals surface area contributed by atoms with E-state index in [1.807, 2.05) is 4.68 Å². The molecule has 0 saturated heterocycles. The molecular formula is C11H14ClN7S. The standard InChI is InChI=1S/C11H14ClN7S/c1-6-8(13)9(15-10(12)14-6)20-11-16-17-18-19(11)7-4-2-3-5-7/h7H,2-5,13H2,1H3. The van der Waals surface area contributed by atoms with Gasteiger partial charge in [0.25, 0.3) is 0 Å². The molecule has 2 aromatic heterocycles. The molecule has 0 atom stereocenters. The molecular weight excluding hydrogens is 298 g/mol. The van der Waals surface area contributed by atoms with Crippen LogP contribution in [0.15, 0.2) is 10.2 Å². The van der Waals surface area contributed by atoms with Crippen molar-refractivity contribution in [2.24, 2.45) is 0 Å². The Morgan fingerprint density at radius 3 is 2.80 bits per heavy atom. The molecule has 20 heavy (non-hydrogen) atoms. The minimum Gasteiger partial charge on any atom is -0.395 e. The molecule has 0 radical (unpaired) electrons. The van der Waals surface area contributed by atoms with Gasteiger partial charge in [0.2, 0.25) is 10.4 Å². The fourth-order valence-electron chi connectivity index (χ4n) is 2.32. The van der Waals surface area contributed by atoms with Crippen LogP contribution >= 0.6 is 23.4 Å². The molecule has 7 nitrogen and oxygen atoms in total. The van der Waals surface area contributed by atoms with Crippen LogP contribution in [0.5, 0.6) is 0 Å². The van der Waals surface area contributed by atoms with Gasteiger partial charge in [0.05, 0.1) is 17.4 Å². The van der Waals surface area contributed by atoms with Crippen molar-refractivity contribution in [2.45, 2.75) is 48.8 Å². The third kappa shape index (κ3) is 2.57. The zero-order chi connectivity index (χ0) is 14.1. The second kappa shape index (κ2) is 5.53. The molecule has 2 N–H and O–H groups in total. The first-order chi connectivity index (χ1) is 9.65. The summed E-state index contributed by atoms with van der Waals surface area (Å²) < 4.78 is 1.86. The molecule has 0 bridgehead atoms. The van der Waals surface area contributed by atoms with E-state index in [4.69, 9.17) is 17.3 Å². The molecule has 0 aromatic carbocycles. The minimum atomic E-state index is 0.180. The first kappa shape index (κ1) is 13.6. The summed E-state index contributed by atoms with van der Waals surface area (Å²) in [6.45, 7) is 1.80. The average molecular weight is 312 g/mol. The molecule has 3 rings (SSSR count). The van der Waals surface area contributed by atoms with E-state index in [1.165, 1.54) is 24.6 Å². The van der Waals surface area contributed by atoms with Crippen LogP contribution < -0.4 is 5.73 Å². The fraction of sp³-hybridized carbons (Fsp3) is 0.545. The van der Waals surface area contributed by atoms with Crippen molar-refractivity contribution in [3.8, 4) is 0 Å². The minimum absolute atomic E-state index is 0.180. The number of rotatable bonds is 3. The summed E-state index contributed by atoms with van der Waals surface area (Å²) in [5, 5.41) is 13.4. The maximum atomic E-state index is 5.99. The molecule has 0 amide bonds. The predicted octanol–water partition coefficient (Wildman–Crippen LogP) is 2.27. The Balaban J connectivity index is 1.90. The maximum absolute atomic E-state index is 5.99. The number of nitrogens with zero attached hydrogens (tertiary/aromatic N) is 6. The van der Waals surface area contributed by atoms with Crippen molar-refractivity contribution in [3.63, 3.8) is 0 Å². The number of hydrogen-bond acceptors (Lipinski definition) is 7. The van der Waals surface area contributed by atoms with Crippen LogP contribution in [0.25, 0.3) is 0 Å². The molecule has 2 aromatic rings. The van der Waals surface area contributed by atoms with Crippen LogP contribution in [0.1, 0.15) is 37.4 Å². The smallest absolute Gasteiger partial charge is 0.223 e. The first-order valence-corrected chi connectivity index (χ1v) is 7.60. The summed E-state index contributed by atoms with van der Waals surface area (Å²) in [4.78, 5) is 8.18. The highest BCUT2D eigenvalue weighted by atomic mass is 35.5. The van der Waals surface area contributed by atoms with Gasteiger partial charge in [-0.3, -0.25) is 0 Å². The number of nitrogens with two attached hydrogens (primary N) is 1. The molecule has 0 aliphatic heterocycles. The first-order valence-electron chi connectivity index (χ1n) is 6.40. The van der Waals surface area contributed by atoms with Crippen LogP contribution in [0.2, 0.25) is 5.28 Å². The van der Waals surface area contributed by atoms with Crippen molar-refractivity contribution in [3.05, 3.63) is 11.0 Å². The molecule has 9 heteroatoms. The lowest BCUT2D eigenvalue weighted by Gasteiger charge is -2.11. The quantitative estimate of drug-likeness (QED) is 0.686. The predicted molar refractivity (Wildman–Crippen MR) is 75.6 cm³/mol. The van der Waals surface area contributed by atoms with E-state index in [2.05, 4.69) is 25.5 Å². The number of hydrogen-bond donors (Lipinski definition) is 1. The number of anilines is 1. The SMILES string of the molecule is Cc1nc(Cl)nc(Sc2nnnn2C2CCCC2)c1N. The fourth-order valence-corrected chi connectivity index (χ4v) is 3.50. The molecule has 1 saturated carbocycles. The number of nitrogen functional groups attached to an aromatic ring is 1. The molecule has 0 unspecified atom stereocenters. The monoisotopic (exact) mass is 311 g/mol. The van der Waals surface area contributed by atoms with E-state index >= 15 is 0 Å². The number of tetrazole rings is 1. The highest BCUT2D eigenvalue weighted by Gasteiger charge is 2.23. The van der Waals surface area contributed by atoms with Crippen molar-refractivity contribution < 1.29 is 0 Å². The van der Waals surface area contributed by atoms with Gasteiger partial charge < -0.3 is 5.73 Å². The number of aromatic nitrogens is 6. The number of aryl methyl sites for hydroxylation is 1. The van der Waals surface area contributed by atoms with Gasteiger partial charge in [-0.25, -0.2) is 14.6 Å². The van der Waals surface area contributed by atoms with Crippen molar-refractivity contribution in [2.75, 3.05) is 5.73 Å². The maximum Gasteiger partial charge on any atom is 0.223 e. The van der Waals surface area contributed by atoms with Crippen molar-refractivity contribution in [1.29, 1.82) is 0 Å². The van der Waals surface area contributed by atoms with Crippen LogP contribution in [0.3, 0.4) is 0 Å². The molecule has 1 fully saturated rings. The highest BCUT2D eigenvalue weighted by Crippen LogP contribution is 2.35. The van der Waals surface area contributed by atoms with Crippen LogP contribution in [0, 0.1) is 6.92 Å². The van der Waals surface area contributed by atoms with Gasteiger partial charge in [-0.05, 0) is 53.6 Å². The van der Waals surface area contributed by atoms with Gasteiger partial charge >= 0.3 is 0 Å². The molecule has 0 spiro atoms. The Bertz CT molecular complexity index is 623. The van der Waals surface area contributed by atoms with E-state index < -0.39 is 0 Å². The zero-order valence-electron chi connectivity index (χ0n) is 11.0. The largest absolute Gasteiger partial charge is 0.395 e. The third-order valence-corrected chi connectivity index (χ3v) is 4.52. The number of halogens is 1. The van der Waals surface area contributed by atoms with Crippen molar-refractivity contribution in [1.82, 2.24) is 30.2 Å². The third-order valence-electron chi connectivity index (χ3n) is 3.40. The molecule has 1 aliphatic rings. The van der Waals surface area contributed by atoms with Crippen LogP contribution in [0.4, 0.5) is 5.69 Å². The Morgan fingerprint density at radius 1 is 1.30 bits per heavy atom. The lowest BCUT2D eigenvalue weighted by atomic mass is 10.3. The van der Waals surface area contributed by atoms with Crippen LogP contribution in [-0.4, -0.2) is 30.2 Å². The lowest BCUT2D eigenvalue weighted by molar-refractivity contribution is 0.423.